The van der Waals surface area contributed by atoms with Crippen LogP contribution in [0.25, 0.3) is 0 Å². The molecule has 1 atom stereocenters. The van der Waals surface area contributed by atoms with Crippen LogP contribution < -0.4 is 0 Å². The van der Waals surface area contributed by atoms with Crippen molar-refractivity contribution in [2.75, 3.05) is 0 Å². The molecule has 0 aliphatic rings. The molecule has 88 valence electrons. The van der Waals surface area contributed by atoms with Crippen molar-refractivity contribution in [1.82, 2.24) is 4.98 Å². The summed E-state index contributed by atoms with van der Waals surface area (Å²) in [4.78, 5) is 16.1. The number of benzene rings is 1. The molecular formula is C11H9NO3S2. The molecule has 2 rings (SSSR count). The van der Waals surface area contributed by atoms with Crippen molar-refractivity contribution < 1.29 is 14.1 Å². The van der Waals surface area contributed by atoms with Gasteiger partial charge in [-0.2, -0.15) is 0 Å². The number of nitrogens with zero attached hydrogens (tertiary/aromatic N) is 1. The Morgan fingerprint density at radius 3 is 2.82 bits per heavy atom. The maximum absolute atomic E-state index is 12.1. The fraction of sp³-hybridized carbons (Fsp3) is 0.0909. The molecule has 0 spiro atoms. The lowest BCUT2D eigenvalue weighted by molar-refractivity contribution is 0.0693. The lowest BCUT2D eigenvalue weighted by Gasteiger charge is -2.04. The largest absolute Gasteiger partial charge is 0.478 e. The monoisotopic (exact) mass is 267 g/mol. The number of hydrogen-bond donors (Lipinski definition) is 1. The van der Waals surface area contributed by atoms with Crippen LogP contribution in [-0.2, 0) is 16.6 Å². The van der Waals surface area contributed by atoms with Crippen molar-refractivity contribution >= 4 is 28.1 Å². The zero-order valence-corrected chi connectivity index (χ0v) is 10.3. The van der Waals surface area contributed by atoms with Gasteiger partial charge in [-0.15, -0.1) is 11.3 Å². The maximum Gasteiger partial charge on any atom is 0.336 e. The van der Waals surface area contributed by atoms with Gasteiger partial charge in [-0.1, -0.05) is 12.1 Å². The van der Waals surface area contributed by atoms with Crippen LogP contribution in [0, 0.1) is 0 Å². The van der Waals surface area contributed by atoms with E-state index in [1.807, 2.05) is 0 Å². The van der Waals surface area contributed by atoms with E-state index in [1.54, 1.807) is 29.9 Å². The van der Waals surface area contributed by atoms with Gasteiger partial charge >= 0.3 is 5.97 Å². The third-order valence-corrected chi connectivity index (χ3v) is 4.50. The van der Waals surface area contributed by atoms with Crippen LogP contribution in [0.15, 0.2) is 40.9 Å². The van der Waals surface area contributed by atoms with Crippen LogP contribution >= 0.6 is 11.3 Å². The minimum Gasteiger partial charge on any atom is -0.478 e. The summed E-state index contributed by atoms with van der Waals surface area (Å²) in [6.45, 7) is 0. The van der Waals surface area contributed by atoms with E-state index >= 15 is 0 Å². The lowest BCUT2D eigenvalue weighted by atomic mass is 10.2. The number of hydrogen-bond acceptors (Lipinski definition) is 4. The first-order valence-electron chi connectivity index (χ1n) is 4.76. The second kappa shape index (κ2) is 5.20. The van der Waals surface area contributed by atoms with Gasteiger partial charge in [0.15, 0.2) is 0 Å². The summed E-state index contributed by atoms with van der Waals surface area (Å²) < 4.78 is 12.1. The van der Waals surface area contributed by atoms with Gasteiger partial charge in [0.05, 0.1) is 32.5 Å². The van der Waals surface area contributed by atoms with E-state index in [2.05, 4.69) is 4.98 Å². The van der Waals surface area contributed by atoms with Gasteiger partial charge in [-0.25, -0.2) is 4.79 Å². The summed E-state index contributed by atoms with van der Waals surface area (Å²) >= 11 is 1.41. The van der Waals surface area contributed by atoms with Crippen LogP contribution in [-0.4, -0.2) is 20.3 Å². The number of aromatic nitrogens is 1. The second-order valence-corrected chi connectivity index (χ2v) is 5.65. The third kappa shape index (κ3) is 2.78. The predicted octanol–water partition coefficient (Wildman–Crippen LogP) is 2.15. The Morgan fingerprint density at radius 1 is 1.41 bits per heavy atom. The Bertz CT molecular complexity index is 552. The van der Waals surface area contributed by atoms with Gasteiger partial charge in [0.2, 0.25) is 0 Å². The summed E-state index contributed by atoms with van der Waals surface area (Å²) in [6.07, 6.45) is 1.64. The Hall–Kier alpha value is -1.53. The average molecular weight is 267 g/mol. The Morgan fingerprint density at radius 2 is 2.18 bits per heavy atom. The smallest absolute Gasteiger partial charge is 0.336 e. The van der Waals surface area contributed by atoms with Crippen molar-refractivity contribution in [3.05, 3.63) is 46.4 Å². The topological polar surface area (TPSA) is 67.3 Å². The van der Waals surface area contributed by atoms with Crippen molar-refractivity contribution in [1.29, 1.82) is 0 Å². The third-order valence-electron chi connectivity index (χ3n) is 2.12. The van der Waals surface area contributed by atoms with E-state index < -0.39 is 16.8 Å². The zero-order valence-electron chi connectivity index (χ0n) is 8.70. The quantitative estimate of drug-likeness (QED) is 0.921. The van der Waals surface area contributed by atoms with E-state index in [0.29, 0.717) is 10.6 Å². The number of thiazole rings is 1. The van der Waals surface area contributed by atoms with E-state index in [0.717, 1.165) is 4.88 Å². The van der Waals surface area contributed by atoms with E-state index in [4.69, 9.17) is 5.11 Å². The van der Waals surface area contributed by atoms with Crippen molar-refractivity contribution in [2.45, 2.75) is 10.6 Å². The molecule has 0 fully saturated rings. The predicted molar refractivity (Wildman–Crippen MR) is 65.6 cm³/mol. The molecule has 0 radical (unpaired) electrons. The molecule has 0 saturated heterocycles. The minimum atomic E-state index is -1.36. The maximum atomic E-state index is 12.1. The molecule has 0 aliphatic heterocycles. The number of carboxylic acid groups (broad SMARTS) is 1. The van der Waals surface area contributed by atoms with Crippen molar-refractivity contribution in [2.24, 2.45) is 0 Å². The first-order chi connectivity index (χ1) is 8.18. The first kappa shape index (κ1) is 11.9. The van der Waals surface area contributed by atoms with Gasteiger partial charge in [0.1, 0.15) is 0 Å². The molecule has 0 amide bonds. The molecule has 1 heterocycles. The van der Waals surface area contributed by atoms with Gasteiger partial charge < -0.3 is 5.11 Å². The van der Waals surface area contributed by atoms with Crippen molar-refractivity contribution in [3.8, 4) is 0 Å². The van der Waals surface area contributed by atoms with E-state index in [-0.39, 0.29) is 5.56 Å². The molecule has 0 aliphatic carbocycles. The van der Waals surface area contributed by atoms with E-state index in [9.17, 15) is 9.00 Å². The number of carboxylic acids is 1. The molecular weight excluding hydrogens is 258 g/mol. The summed E-state index contributed by atoms with van der Waals surface area (Å²) in [5, 5.41) is 9.00. The first-order valence-corrected chi connectivity index (χ1v) is 6.96. The molecule has 1 aromatic carbocycles. The van der Waals surface area contributed by atoms with Crippen LogP contribution in [0.5, 0.6) is 0 Å². The van der Waals surface area contributed by atoms with Crippen LogP contribution in [0.1, 0.15) is 15.2 Å². The SMILES string of the molecule is O=C(O)c1ccccc1S(=O)Cc1cncs1. The number of aromatic carboxylic acids is 1. The highest BCUT2D eigenvalue weighted by Gasteiger charge is 2.15. The summed E-state index contributed by atoms with van der Waals surface area (Å²) in [5.41, 5.74) is 1.76. The summed E-state index contributed by atoms with van der Waals surface area (Å²) in [5.74, 6) is -0.757. The summed E-state index contributed by atoms with van der Waals surface area (Å²) in [6, 6.07) is 6.35. The molecule has 1 unspecified atom stereocenters. The fourth-order valence-corrected chi connectivity index (χ4v) is 3.45. The van der Waals surface area contributed by atoms with Crippen molar-refractivity contribution in [3.63, 3.8) is 0 Å². The second-order valence-electron chi connectivity index (χ2n) is 3.26. The summed E-state index contributed by atoms with van der Waals surface area (Å²) in [7, 11) is -1.36. The van der Waals surface area contributed by atoms with Crippen LogP contribution in [0.3, 0.4) is 0 Å². The molecule has 0 bridgehead atoms. The Balaban J connectivity index is 2.28. The minimum absolute atomic E-state index is 0.0929. The molecule has 6 heteroatoms. The molecule has 17 heavy (non-hydrogen) atoms. The van der Waals surface area contributed by atoms with Gasteiger partial charge in [0, 0.05) is 11.1 Å². The standard InChI is InChI=1S/C11H9NO3S2/c13-11(14)9-3-1-2-4-10(9)17(15)6-8-5-12-7-16-8/h1-5,7H,6H2,(H,13,14). The molecule has 0 saturated carbocycles. The lowest BCUT2D eigenvalue weighted by Crippen LogP contribution is -2.05. The zero-order chi connectivity index (χ0) is 12.3. The van der Waals surface area contributed by atoms with Gasteiger partial charge in [0.25, 0.3) is 0 Å². The number of rotatable bonds is 4. The van der Waals surface area contributed by atoms with Crippen LogP contribution in [0.4, 0.5) is 0 Å². The normalized spacial score (nSPS) is 12.2. The highest BCUT2D eigenvalue weighted by Crippen LogP contribution is 2.18. The van der Waals surface area contributed by atoms with E-state index in [1.165, 1.54) is 17.4 Å². The number of carbonyl (C=O) groups is 1. The van der Waals surface area contributed by atoms with Crippen LogP contribution in [0.2, 0.25) is 0 Å². The Kier molecular flexibility index (Phi) is 3.65. The molecule has 1 N–H and O–H groups in total. The fourth-order valence-electron chi connectivity index (χ4n) is 1.36. The van der Waals surface area contributed by atoms with Gasteiger partial charge in [-0.3, -0.25) is 9.19 Å². The molecule has 4 nitrogen and oxygen atoms in total. The van der Waals surface area contributed by atoms with Gasteiger partial charge in [-0.05, 0) is 12.1 Å². The molecule has 2 aromatic rings. The highest BCUT2D eigenvalue weighted by atomic mass is 32.2. The molecule has 1 aromatic heterocycles. The Labute approximate surface area is 104 Å². The highest BCUT2D eigenvalue weighted by molar-refractivity contribution is 7.84. The average Bonchev–Trinajstić information content (AvgIpc) is 2.81.